The lowest BCUT2D eigenvalue weighted by Crippen LogP contribution is -2.53. The van der Waals surface area contributed by atoms with E-state index < -0.39 is 24.0 Å². The highest BCUT2D eigenvalue weighted by Gasteiger charge is 2.30. The van der Waals surface area contributed by atoms with E-state index in [0.29, 0.717) is 25.8 Å². The first-order valence-electron chi connectivity index (χ1n) is 8.54. The Hall–Kier alpha value is -2.32. The number of carbonyl (C=O) groups excluding carboxylic acids is 3. The van der Waals surface area contributed by atoms with Gasteiger partial charge in [0.15, 0.2) is 5.96 Å². The van der Waals surface area contributed by atoms with Crippen molar-refractivity contribution in [1.82, 2.24) is 16.0 Å². The largest absolute Gasteiger partial charge is 0.464 e. The number of nitrogens with two attached hydrogens (primary N) is 1. The summed E-state index contributed by atoms with van der Waals surface area (Å²) in [5.41, 5.74) is 5.20. The molecule has 0 aliphatic heterocycles. The third-order valence-electron chi connectivity index (χ3n) is 3.73. The molecule has 0 heterocycles. The molecule has 0 saturated heterocycles. The quantitative estimate of drug-likeness (QED) is 0.150. The molecule has 0 aromatic heterocycles. The minimum absolute atomic E-state index is 0.0969. The van der Waals surface area contributed by atoms with Gasteiger partial charge in [0.25, 0.3) is 0 Å². The smallest absolute Gasteiger partial charge is 0.328 e. The van der Waals surface area contributed by atoms with Gasteiger partial charge in [-0.15, -0.1) is 0 Å². The normalized spacial score (nSPS) is 13.9. The molecule has 0 fully saturated rings. The van der Waals surface area contributed by atoms with Crippen LogP contribution in [0.15, 0.2) is 0 Å². The number of esters is 1. The Morgan fingerprint density at radius 1 is 1.20 bits per heavy atom. The monoisotopic (exact) mass is 357 g/mol. The number of amides is 2. The summed E-state index contributed by atoms with van der Waals surface area (Å²) >= 11 is 0. The van der Waals surface area contributed by atoms with Gasteiger partial charge in [-0.25, -0.2) is 4.79 Å². The molecule has 3 atom stereocenters. The molecule has 0 unspecified atom stereocenters. The first-order chi connectivity index (χ1) is 11.7. The first-order valence-corrected chi connectivity index (χ1v) is 8.54. The van der Waals surface area contributed by atoms with Crippen LogP contribution in [0.25, 0.3) is 0 Å². The molecule has 0 radical (unpaired) electrons. The lowest BCUT2D eigenvalue weighted by molar-refractivity contribution is -0.149. The second-order valence-electron chi connectivity index (χ2n) is 5.86. The van der Waals surface area contributed by atoms with Gasteiger partial charge in [0, 0.05) is 13.5 Å². The van der Waals surface area contributed by atoms with E-state index in [0.717, 1.165) is 0 Å². The van der Waals surface area contributed by atoms with Gasteiger partial charge in [-0.3, -0.25) is 15.0 Å². The predicted molar refractivity (Wildman–Crippen MR) is 94.8 cm³/mol. The fourth-order valence-electron chi connectivity index (χ4n) is 2.20. The number of nitrogens with one attached hydrogen (secondary N) is 4. The molecule has 9 nitrogen and oxygen atoms in total. The van der Waals surface area contributed by atoms with Gasteiger partial charge < -0.3 is 26.4 Å². The molecule has 0 rings (SSSR count). The van der Waals surface area contributed by atoms with Crippen molar-refractivity contribution in [1.29, 1.82) is 5.41 Å². The molecular weight excluding hydrogens is 326 g/mol. The molecule has 0 saturated carbocycles. The summed E-state index contributed by atoms with van der Waals surface area (Å²) in [6.07, 6.45) is 1.56. The van der Waals surface area contributed by atoms with E-state index in [1.807, 2.05) is 13.8 Å². The summed E-state index contributed by atoms with van der Waals surface area (Å²) < 4.78 is 5.03. The zero-order valence-corrected chi connectivity index (χ0v) is 15.5. The minimum Gasteiger partial charge on any atom is -0.464 e. The summed E-state index contributed by atoms with van der Waals surface area (Å²) in [5.74, 6) is -1.50. The average Bonchev–Trinajstić information content (AvgIpc) is 2.54. The van der Waals surface area contributed by atoms with Gasteiger partial charge in [-0.2, -0.15) is 0 Å². The van der Waals surface area contributed by atoms with Crippen LogP contribution in [0.1, 0.15) is 47.0 Å². The minimum atomic E-state index is -0.771. The van der Waals surface area contributed by atoms with E-state index in [2.05, 4.69) is 16.0 Å². The number of guanidine groups is 1. The van der Waals surface area contributed by atoms with Crippen molar-refractivity contribution in [2.24, 2.45) is 11.7 Å². The Balaban J connectivity index is 4.90. The van der Waals surface area contributed by atoms with Crippen molar-refractivity contribution in [2.45, 2.75) is 59.0 Å². The molecule has 0 bridgehead atoms. The summed E-state index contributed by atoms with van der Waals surface area (Å²) in [4.78, 5) is 36.0. The molecule has 0 aliphatic carbocycles. The van der Waals surface area contributed by atoms with Crippen LogP contribution in [0.2, 0.25) is 0 Å². The van der Waals surface area contributed by atoms with Crippen LogP contribution in [0, 0.1) is 11.3 Å². The highest BCUT2D eigenvalue weighted by Crippen LogP contribution is 2.10. The van der Waals surface area contributed by atoms with Gasteiger partial charge in [0.2, 0.25) is 11.8 Å². The maximum absolute atomic E-state index is 12.5. The second kappa shape index (κ2) is 12.1. The van der Waals surface area contributed by atoms with Crippen LogP contribution in [0.5, 0.6) is 0 Å². The van der Waals surface area contributed by atoms with E-state index in [1.165, 1.54) is 6.92 Å². The van der Waals surface area contributed by atoms with Crippen molar-refractivity contribution >= 4 is 23.7 Å². The Morgan fingerprint density at radius 3 is 2.32 bits per heavy atom. The summed E-state index contributed by atoms with van der Waals surface area (Å²) in [5, 5.41) is 15.0. The topological polar surface area (TPSA) is 146 Å². The number of hydrogen-bond acceptors (Lipinski definition) is 5. The van der Waals surface area contributed by atoms with Crippen LogP contribution in [0.4, 0.5) is 0 Å². The third kappa shape index (κ3) is 9.53. The van der Waals surface area contributed by atoms with Crippen LogP contribution in [0.3, 0.4) is 0 Å². The van der Waals surface area contributed by atoms with Gasteiger partial charge in [-0.1, -0.05) is 20.3 Å². The molecule has 144 valence electrons. The summed E-state index contributed by atoms with van der Waals surface area (Å²) in [6.45, 7) is 7.44. The number of hydrogen-bond donors (Lipinski definition) is 5. The van der Waals surface area contributed by atoms with Crippen LogP contribution in [-0.4, -0.2) is 49.0 Å². The van der Waals surface area contributed by atoms with Crippen molar-refractivity contribution < 1.29 is 19.1 Å². The van der Waals surface area contributed by atoms with Gasteiger partial charge in [-0.05, 0) is 25.7 Å². The maximum Gasteiger partial charge on any atom is 0.328 e. The lowest BCUT2D eigenvalue weighted by atomic mass is 9.98. The van der Waals surface area contributed by atoms with Crippen molar-refractivity contribution in [2.75, 3.05) is 13.2 Å². The highest BCUT2D eigenvalue weighted by atomic mass is 16.5. The first kappa shape index (κ1) is 22.7. The number of ether oxygens (including phenoxy) is 1. The van der Waals surface area contributed by atoms with Crippen LogP contribution < -0.4 is 21.7 Å². The molecule has 0 aromatic rings. The second-order valence-corrected chi connectivity index (χ2v) is 5.86. The maximum atomic E-state index is 12.5. The summed E-state index contributed by atoms with van der Waals surface area (Å²) in [6, 6.07) is -1.53. The Kier molecular flexibility index (Phi) is 11.0. The predicted octanol–water partition coefficient (Wildman–Crippen LogP) is -0.152. The zero-order valence-electron chi connectivity index (χ0n) is 15.5. The SMILES string of the molecule is CCOC(=O)[C@@H](NC(=O)[C@H](CCCNC(=N)N)NC(C)=O)[C@@H](C)CC. The van der Waals surface area contributed by atoms with E-state index in [9.17, 15) is 14.4 Å². The number of carbonyl (C=O) groups is 3. The third-order valence-corrected chi connectivity index (χ3v) is 3.73. The Bertz CT molecular complexity index is 469. The molecule has 2 amide bonds. The molecule has 0 spiro atoms. The molecule has 6 N–H and O–H groups in total. The van der Waals surface area contributed by atoms with Crippen molar-refractivity contribution in [3.63, 3.8) is 0 Å². The van der Waals surface area contributed by atoms with Gasteiger partial charge in [0.05, 0.1) is 6.61 Å². The lowest BCUT2D eigenvalue weighted by Gasteiger charge is -2.25. The Labute approximate surface area is 148 Å². The van der Waals surface area contributed by atoms with E-state index >= 15 is 0 Å². The zero-order chi connectivity index (χ0) is 19.4. The molecule has 25 heavy (non-hydrogen) atoms. The van der Waals surface area contributed by atoms with Crippen LogP contribution in [-0.2, 0) is 19.1 Å². The number of rotatable bonds is 11. The van der Waals surface area contributed by atoms with E-state index in [4.69, 9.17) is 15.9 Å². The fraction of sp³-hybridized carbons (Fsp3) is 0.750. The van der Waals surface area contributed by atoms with Crippen molar-refractivity contribution in [3.8, 4) is 0 Å². The van der Waals surface area contributed by atoms with E-state index in [1.54, 1.807) is 6.92 Å². The molecule has 0 aliphatic rings. The fourth-order valence-corrected chi connectivity index (χ4v) is 2.20. The van der Waals surface area contributed by atoms with Crippen LogP contribution >= 0.6 is 0 Å². The molecule has 0 aromatic carbocycles. The molecule has 9 heteroatoms. The van der Waals surface area contributed by atoms with Gasteiger partial charge in [0.1, 0.15) is 12.1 Å². The van der Waals surface area contributed by atoms with E-state index in [-0.39, 0.29) is 24.4 Å². The highest BCUT2D eigenvalue weighted by molar-refractivity contribution is 5.90. The van der Waals surface area contributed by atoms with Gasteiger partial charge >= 0.3 is 5.97 Å². The van der Waals surface area contributed by atoms with Crippen molar-refractivity contribution in [3.05, 3.63) is 0 Å². The Morgan fingerprint density at radius 2 is 1.84 bits per heavy atom. The summed E-state index contributed by atoms with van der Waals surface area (Å²) in [7, 11) is 0. The average molecular weight is 357 g/mol. The molecular formula is C16H31N5O4. The standard InChI is InChI=1S/C16H31N5O4/c1-5-10(3)13(15(24)25-6-2)21-14(23)12(20-11(4)22)8-7-9-19-16(17)18/h10,12-13H,5-9H2,1-4H3,(H,20,22)(H,21,23)(H4,17,18,19)/t10-,12-,13-/m0/s1.